The van der Waals surface area contributed by atoms with E-state index in [1.807, 2.05) is 19.5 Å². The molecule has 0 aromatic carbocycles. The minimum absolute atomic E-state index is 0.0397. The summed E-state index contributed by atoms with van der Waals surface area (Å²) in [5, 5.41) is 9.73. The lowest BCUT2D eigenvalue weighted by molar-refractivity contribution is -0.125. The van der Waals surface area contributed by atoms with Crippen molar-refractivity contribution >= 4 is 23.2 Å². The third kappa shape index (κ3) is 3.54. The van der Waals surface area contributed by atoms with Crippen LogP contribution >= 0.6 is 11.3 Å². The van der Waals surface area contributed by atoms with Gasteiger partial charge in [0, 0.05) is 13.0 Å². The maximum Gasteiger partial charge on any atom is 0.242 e. The summed E-state index contributed by atoms with van der Waals surface area (Å²) in [6, 6.07) is 1.86. The van der Waals surface area contributed by atoms with E-state index in [0.29, 0.717) is 19.4 Å². The van der Waals surface area contributed by atoms with E-state index in [9.17, 15) is 9.59 Å². The van der Waals surface area contributed by atoms with Crippen LogP contribution in [0, 0.1) is 0 Å². The van der Waals surface area contributed by atoms with Crippen LogP contribution in [0.25, 0.3) is 0 Å². The van der Waals surface area contributed by atoms with Gasteiger partial charge in [-0.3, -0.25) is 9.59 Å². The van der Waals surface area contributed by atoms with Crippen molar-refractivity contribution in [1.82, 2.24) is 15.5 Å². The van der Waals surface area contributed by atoms with Gasteiger partial charge >= 0.3 is 0 Å². The summed E-state index contributed by atoms with van der Waals surface area (Å²) in [5.41, 5.74) is 1.20. The normalized spacial score (nSPS) is 20.4. The Morgan fingerprint density at radius 1 is 1.63 bits per heavy atom. The molecule has 2 heterocycles. The number of carbonyl (C=O) groups excluding carboxylic acids is 2. The number of hydrogen-bond acceptors (Lipinski definition) is 4. The predicted molar refractivity (Wildman–Crippen MR) is 74.9 cm³/mol. The molecule has 104 valence electrons. The fourth-order valence-corrected chi connectivity index (χ4v) is 2.90. The Kier molecular flexibility index (Phi) is 4.55. The monoisotopic (exact) mass is 281 g/mol. The molecule has 2 amide bonds. The number of nitrogens with zero attached hydrogens (tertiary/aromatic N) is 1. The topological polar surface area (TPSA) is 61.4 Å². The number of carbonyl (C=O) groups is 2. The zero-order valence-corrected chi connectivity index (χ0v) is 12.0. The molecule has 0 radical (unpaired) electrons. The quantitative estimate of drug-likeness (QED) is 0.837. The van der Waals surface area contributed by atoms with Crippen molar-refractivity contribution < 1.29 is 9.59 Å². The molecule has 1 aliphatic heterocycles. The van der Waals surface area contributed by atoms with Crippen molar-refractivity contribution in [2.75, 3.05) is 20.6 Å². The molecule has 2 rings (SSSR count). The van der Waals surface area contributed by atoms with Crippen molar-refractivity contribution in [2.45, 2.75) is 24.9 Å². The fraction of sp³-hybridized carbons (Fsp3) is 0.538. The molecule has 1 fully saturated rings. The Morgan fingerprint density at radius 3 is 2.95 bits per heavy atom. The van der Waals surface area contributed by atoms with Gasteiger partial charge < -0.3 is 15.5 Å². The second-order valence-electron chi connectivity index (χ2n) is 4.94. The SMILES string of the molecule is CN(C)C(CNC(=O)C1CCC(=O)N1)c1ccsc1. The van der Waals surface area contributed by atoms with Crippen LogP contribution in [-0.2, 0) is 9.59 Å². The number of rotatable bonds is 5. The summed E-state index contributed by atoms with van der Waals surface area (Å²) in [4.78, 5) is 25.1. The predicted octanol–water partition coefficient (Wildman–Crippen LogP) is 0.746. The van der Waals surface area contributed by atoms with Gasteiger partial charge in [-0.15, -0.1) is 0 Å². The zero-order valence-electron chi connectivity index (χ0n) is 11.2. The number of hydrogen-bond donors (Lipinski definition) is 2. The van der Waals surface area contributed by atoms with Crippen LogP contribution in [0.1, 0.15) is 24.4 Å². The van der Waals surface area contributed by atoms with E-state index in [1.165, 1.54) is 5.56 Å². The molecule has 1 aliphatic rings. The maximum atomic E-state index is 11.9. The van der Waals surface area contributed by atoms with Crippen LogP contribution < -0.4 is 10.6 Å². The molecule has 2 atom stereocenters. The summed E-state index contributed by atoms with van der Waals surface area (Å²) in [5.74, 6) is -0.130. The number of nitrogens with one attached hydrogen (secondary N) is 2. The molecule has 0 saturated carbocycles. The molecule has 2 N–H and O–H groups in total. The zero-order chi connectivity index (χ0) is 13.8. The first-order valence-corrected chi connectivity index (χ1v) is 7.28. The fourth-order valence-electron chi connectivity index (χ4n) is 2.19. The van der Waals surface area contributed by atoms with E-state index in [2.05, 4.69) is 27.0 Å². The van der Waals surface area contributed by atoms with Gasteiger partial charge in [-0.05, 0) is 42.9 Å². The van der Waals surface area contributed by atoms with Crippen molar-refractivity contribution in [3.63, 3.8) is 0 Å². The summed E-state index contributed by atoms with van der Waals surface area (Å²) < 4.78 is 0. The molecule has 0 aliphatic carbocycles. The molecule has 0 spiro atoms. The third-order valence-corrected chi connectivity index (χ3v) is 4.03. The molecule has 5 nitrogen and oxygen atoms in total. The molecule has 6 heteroatoms. The molecular formula is C13H19N3O2S. The summed E-state index contributed by atoms with van der Waals surface area (Å²) in [6.45, 7) is 0.551. The molecular weight excluding hydrogens is 262 g/mol. The van der Waals surface area contributed by atoms with Crippen LogP contribution in [-0.4, -0.2) is 43.4 Å². The van der Waals surface area contributed by atoms with Crippen LogP contribution in [0.2, 0.25) is 0 Å². The lowest BCUT2D eigenvalue weighted by Crippen LogP contribution is -2.44. The minimum Gasteiger partial charge on any atom is -0.352 e. The second-order valence-corrected chi connectivity index (χ2v) is 5.72. The van der Waals surface area contributed by atoms with Crippen molar-refractivity contribution in [1.29, 1.82) is 0 Å². The average Bonchev–Trinajstić information content (AvgIpc) is 3.00. The van der Waals surface area contributed by atoms with Gasteiger partial charge in [0.25, 0.3) is 0 Å². The summed E-state index contributed by atoms with van der Waals surface area (Å²) >= 11 is 1.65. The first-order valence-electron chi connectivity index (χ1n) is 6.33. The Labute approximate surface area is 117 Å². The van der Waals surface area contributed by atoms with E-state index in [0.717, 1.165) is 0 Å². The molecule has 1 aromatic heterocycles. The van der Waals surface area contributed by atoms with E-state index >= 15 is 0 Å². The Morgan fingerprint density at radius 2 is 2.42 bits per heavy atom. The smallest absolute Gasteiger partial charge is 0.242 e. The lowest BCUT2D eigenvalue weighted by Gasteiger charge is -2.24. The summed E-state index contributed by atoms with van der Waals surface area (Å²) in [7, 11) is 3.98. The van der Waals surface area contributed by atoms with Gasteiger partial charge in [0.15, 0.2) is 0 Å². The van der Waals surface area contributed by atoms with Crippen LogP contribution in [0.3, 0.4) is 0 Å². The Hall–Kier alpha value is -1.40. The second kappa shape index (κ2) is 6.16. The van der Waals surface area contributed by atoms with E-state index < -0.39 is 0 Å². The van der Waals surface area contributed by atoms with E-state index in [-0.39, 0.29) is 23.9 Å². The van der Waals surface area contributed by atoms with Gasteiger partial charge in [-0.2, -0.15) is 11.3 Å². The highest BCUT2D eigenvalue weighted by atomic mass is 32.1. The van der Waals surface area contributed by atoms with Gasteiger partial charge in [0.05, 0.1) is 6.04 Å². The van der Waals surface area contributed by atoms with Gasteiger partial charge in [-0.25, -0.2) is 0 Å². The highest BCUT2D eigenvalue weighted by molar-refractivity contribution is 7.07. The standard InChI is InChI=1S/C13H19N3O2S/c1-16(2)11(9-5-6-19-8-9)7-14-13(18)10-3-4-12(17)15-10/h5-6,8,10-11H,3-4,7H2,1-2H3,(H,14,18)(H,15,17). The van der Waals surface area contributed by atoms with E-state index in [4.69, 9.17) is 0 Å². The third-order valence-electron chi connectivity index (χ3n) is 3.33. The lowest BCUT2D eigenvalue weighted by atomic mass is 10.1. The van der Waals surface area contributed by atoms with E-state index in [1.54, 1.807) is 11.3 Å². The van der Waals surface area contributed by atoms with Crippen LogP contribution in [0.4, 0.5) is 0 Å². The highest BCUT2D eigenvalue weighted by Gasteiger charge is 2.27. The number of thiophene rings is 1. The number of likely N-dealkylation sites (N-methyl/N-ethyl adjacent to an activating group) is 1. The molecule has 1 aromatic rings. The van der Waals surface area contributed by atoms with Gasteiger partial charge in [0.2, 0.25) is 11.8 Å². The van der Waals surface area contributed by atoms with Gasteiger partial charge in [-0.1, -0.05) is 0 Å². The Bertz CT molecular complexity index is 445. The maximum absolute atomic E-state index is 11.9. The largest absolute Gasteiger partial charge is 0.352 e. The van der Waals surface area contributed by atoms with Crippen molar-refractivity contribution in [3.05, 3.63) is 22.4 Å². The molecule has 0 bridgehead atoms. The minimum atomic E-state index is -0.363. The average molecular weight is 281 g/mol. The van der Waals surface area contributed by atoms with Crippen LogP contribution in [0.5, 0.6) is 0 Å². The Balaban J connectivity index is 1.89. The molecule has 19 heavy (non-hydrogen) atoms. The summed E-state index contributed by atoms with van der Waals surface area (Å²) in [6.07, 6.45) is 1.04. The highest BCUT2D eigenvalue weighted by Crippen LogP contribution is 2.20. The first kappa shape index (κ1) is 14.0. The van der Waals surface area contributed by atoms with Gasteiger partial charge in [0.1, 0.15) is 6.04 Å². The van der Waals surface area contributed by atoms with Crippen molar-refractivity contribution in [3.8, 4) is 0 Å². The number of amides is 2. The molecule has 1 saturated heterocycles. The molecule has 2 unspecified atom stereocenters. The van der Waals surface area contributed by atoms with Crippen LogP contribution in [0.15, 0.2) is 16.8 Å². The first-order chi connectivity index (χ1) is 9.08. The van der Waals surface area contributed by atoms with Crippen molar-refractivity contribution in [2.24, 2.45) is 0 Å².